The van der Waals surface area contributed by atoms with Crippen LogP contribution >= 0.6 is 0 Å². The number of benzene rings is 1. The molecule has 2 rings (SSSR count). The lowest BCUT2D eigenvalue weighted by molar-refractivity contribution is 0.204. The number of hydrogen-bond donors (Lipinski definition) is 1. The fraction of sp³-hybridized carbons (Fsp3) is 0.400. The van der Waals surface area contributed by atoms with Gasteiger partial charge in [0.15, 0.2) is 0 Å². The highest BCUT2D eigenvalue weighted by Gasteiger charge is 2.26. The lowest BCUT2D eigenvalue weighted by Crippen LogP contribution is -2.41. The zero-order valence-corrected chi connectivity index (χ0v) is 11.6. The average molecular weight is 259 g/mol. The lowest BCUT2D eigenvalue weighted by atomic mass is 10.2. The van der Waals surface area contributed by atoms with Crippen LogP contribution in [0, 0.1) is 0 Å². The van der Waals surface area contributed by atoms with Gasteiger partial charge in [-0.1, -0.05) is 24.8 Å². The molecular formula is C15H21N3O. The predicted octanol–water partition coefficient (Wildman–Crippen LogP) is 2.50. The molecule has 1 aliphatic rings. The number of carbonyl (C=O) groups excluding carboxylic acids is 1. The number of nitrogens with zero attached hydrogens (tertiary/aromatic N) is 2. The second-order valence-electron chi connectivity index (χ2n) is 5.07. The highest BCUT2D eigenvalue weighted by molar-refractivity contribution is 5.89. The van der Waals surface area contributed by atoms with Crippen LogP contribution < -0.4 is 5.32 Å². The molecule has 4 nitrogen and oxygen atoms in total. The molecule has 0 aromatic heterocycles. The van der Waals surface area contributed by atoms with Crippen molar-refractivity contribution in [2.45, 2.75) is 12.5 Å². The number of likely N-dealkylation sites (tertiary alicyclic amines) is 1. The van der Waals surface area contributed by atoms with Gasteiger partial charge in [-0.25, -0.2) is 4.79 Å². The summed E-state index contributed by atoms with van der Waals surface area (Å²) >= 11 is 0. The van der Waals surface area contributed by atoms with Crippen molar-refractivity contribution in [1.29, 1.82) is 0 Å². The van der Waals surface area contributed by atoms with E-state index < -0.39 is 0 Å². The molecule has 1 N–H and O–H groups in total. The zero-order valence-electron chi connectivity index (χ0n) is 11.6. The van der Waals surface area contributed by atoms with Crippen LogP contribution in [0.3, 0.4) is 0 Å². The Hall–Kier alpha value is -1.81. The molecule has 1 unspecified atom stereocenters. The molecule has 0 bridgehead atoms. The van der Waals surface area contributed by atoms with Crippen LogP contribution in [0.1, 0.15) is 12.0 Å². The Kier molecular flexibility index (Phi) is 4.22. The number of amides is 2. The molecule has 0 spiro atoms. The summed E-state index contributed by atoms with van der Waals surface area (Å²) in [6.07, 6.45) is 2.82. The van der Waals surface area contributed by atoms with Gasteiger partial charge >= 0.3 is 6.03 Å². The van der Waals surface area contributed by atoms with Gasteiger partial charge < -0.3 is 15.1 Å². The fourth-order valence-corrected chi connectivity index (χ4v) is 2.31. The molecule has 0 saturated carbocycles. The van der Waals surface area contributed by atoms with Crippen molar-refractivity contribution < 1.29 is 4.79 Å². The monoisotopic (exact) mass is 259 g/mol. The number of likely N-dealkylation sites (N-methyl/N-ethyl adjacent to an activating group) is 2. The summed E-state index contributed by atoms with van der Waals surface area (Å²) in [6.45, 7) is 5.70. The minimum atomic E-state index is -0.0494. The number of carbonyl (C=O) groups is 1. The van der Waals surface area contributed by atoms with Crippen LogP contribution in [0.2, 0.25) is 0 Å². The third-order valence-corrected chi connectivity index (χ3v) is 3.63. The van der Waals surface area contributed by atoms with Crippen molar-refractivity contribution in [3.8, 4) is 0 Å². The Bertz CT molecular complexity index is 455. The molecule has 0 radical (unpaired) electrons. The minimum Gasteiger partial charge on any atom is -0.323 e. The molecule has 1 aromatic rings. The first-order chi connectivity index (χ1) is 9.10. The number of rotatable bonds is 3. The van der Waals surface area contributed by atoms with Crippen LogP contribution in [0.5, 0.6) is 0 Å². The first-order valence-electron chi connectivity index (χ1n) is 6.55. The van der Waals surface area contributed by atoms with Crippen LogP contribution in [0.25, 0.3) is 6.08 Å². The molecule has 1 heterocycles. The molecule has 1 atom stereocenters. The molecule has 102 valence electrons. The topological polar surface area (TPSA) is 35.6 Å². The van der Waals surface area contributed by atoms with E-state index in [-0.39, 0.29) is 6.03 Å². The van der Waals surface area contributed by atoms with Gasteiger partial charge in [-0.3, -0.25) is 0 Å². The second kappa shape index (κ2) is 5.89. The van der Waals surface area contributed by atoms with Gasteiger partial charge in [-0.05, 0) is 37.7 Å². The molecule has 19 heavy (non-hydrogen) atoms. The molecule has 1 aromatic carbocycles. The predicted molar refractivity (Wildman–Crippen MR) is 79.2 cm³/mol. The molecule has 2 amide bonds. The summed E-state index contributed by atoms with van der Waals surface area (Å²) in [5.74, 6) is 0. The molecule has 4 heteroatoms. The van der Waals surface area contributed by atoms with E-state index in [1.807, 2.05) is 31.3 Å². The van der Waals surface area contributed by atoms with E-state index in [0.29, 0.717) is 6.04 Å². The number of urea groups is 1. The highest BCUT2D eigenvalue weighted by atomic mass is 16.2. The SMILES string of the molecule is C=Cc1ccc(NC(=O)N(C)C2CCN(C)C2)cc1. The van der Waals surface area contributed by atoms with Gasteiger partial charge in [-0.2, -0.15) is 0 Å². The fourth-order valence-electron chi connectivity index (χ4n) is 2.31. The summed E-state index contributed by atoms with van der Waals surface area (Å²) in [4.78, 5) is 16.2. The second-order valence-corrected chi connectivity index (χ2v) is 5.07. The van der Waals surface area contributed by atoms with Gasteiger partial charge in [0.25, 0.3) is 0 Å². The van der Waals surface area contributed by atoms with Crippen molar-refractivity contribution >= 4 is 17.8 Å². The first-order valence-corrected chi connectivity index (χ1v) is 6.55. The van der Waals surface area contributed by atoms with Crippen molar-refractivity contribution in [3.05, 3.63) is 36.4 Å². The van der Waals surface area contributed by atoms with E-state index in [1.165, 1.54) is 0 Å². The van der Waals surface area contributed by atoms with Crippen molar-refractivity contribution in [2.75, 3.05) is 32.5 Å². The molecule has 1 aliphatic heterocycles. The molecule has 0 aliphatic carbocycles. The number of anilines is 1. The quantitative estimate of drug-likeness (QED) is 0.905. The summed E-state index contributed by atoms with van der Waals surface area (Å²) in [5.41, 5.74) is 1.86. The summed E-state index contributed by atoms with van der Waals surface area (Å²) in [5, 5.41) is 2.92. The van der Waals surface area contributed by atoms with E-state index in [1.54, 1.807) is 11.0 Å². The van der Waals surface area contributed by atoms with E-state index in [9.17, 15) is 4.79 Å². The van der Waals surface area contributed by atoms with E-state index in [0.717, 1.165) is 30.8 Å². The van der Waals surface area contributed by atoms with Gasteiger partial charge in [0, 0.05) is 25.3 Å². The summed E-state index contributed by atoms with van der Waals surface area (Å²) in [7, 11) is 3.94. The maximum atomic E-state index is 12.1. The van der Waals surface area contributed by atoms with Crippen LogP contribution in [0.15, 0.2) is 30.8 Å². The molecule has 1 saturated heterocycles. The third-order valence-electron chi connectivity index (χ3n) is 3.63. The van der Waals surface area contributed by atoms with Gasteiger partial charge in [0.2, 0.25) is 0 Å². The zero-order chi connectivity index (χ0) is 13.8. The Morgan fingerprint density at radius 3 is 2.68 bits per heavy atom. The standard InChI is InChI=1S/C15H21N3O/c1-4-12-5-7-13(8-6-12)16-15(19)18(3)14-9-10-17(2)11-14/h4-8,14H,1,9-11H2,2-3H3,(H,16,19). The maximum absolute atomic E-state index is 12.1. The number of hydrogen-bond acceptors (Lipinski definition) is 2. The largest absolute Gasteiger partial charge is 0.323 e. The first kappa shape index (κ1) is 13.6. The smallest absolute Gasteiger partial charge is 0.321 e. The van der Waals surface area contributed by atoms with E-state index >= 15 is 0 Å². The van der Waals surface area contributed by atoms with Crippen LogP contribution in [-0.4, -0.2) is 49.1 Å². The highest BCUT2D eigenvalue weighted by Crippen LogP contribution is 2.15. The van der Waals surface area contributed by atoms with Gasteiger partial charge in [-0.15, -0.1) is 0 Å². The Morgan fingerprint density at radius 2 is 2.16 bits per heavy atom. The Labute approximate surface area is 114 Å². The summed E-state index contributed by atoms with van der Waals surface area (Å²) < 4.78 is 0. The van der Waals surface area contributed by atoms with Crippen LogP contribution in [-0.2, 0) is 0 Å². The van der Waals surface area contributed by atoms with Crippen molar-refractivity contribution in [3.63, 3.8) is 0 Å². The Balaban J connectivity index is 1.94. The van der Waals surface area contributed by atoms with Gasteiger partial charge in [0.05, 0.1) is 0 Å². The average Bonchev–Trinajstić information content (AvgIpc) is 2.85. The summed E-state index contributed by atoms with van der Waals surface area (Å²) in [6, 6.07) is 7.91. The van der Waals surface area contributed by atoms with Crippen molar-refractivity contribution in [2.24, 2.45) is 0 Å². The van der Waals surface area contributed by atoms with E-state index in [2.05, 4.69) is 23.8 Å². The van der Waals surface area contributed by atoms with Gasteiger partial charge in [0.1, 0.15) is 0 Å². The third kappa shape index (κ3) is 3.35. The lowest BCUT2D eigenvalue weighted by Gasteiger charge is -2.24. The van der Waals surface area contributed by atoms with Crippen LogP contribution in [0.4, 0.5) is 10.5 Å². The van der Waals surface area contributed by atoms with Crippen molar-refractivity contribution in [1.82, 2.24) is 9.80 Å². The normalized spacial score (nSPS) is 19.2. The molecular weight excluding hydrogens is 238 g/mol. The minimum absolute atomic E-state index is 0.0494. The van der Waals surface area contributed by atoms with E-state index in [4.69, 9.17) is 0 Å². The molecule has 1 fully saturated rings. The number of nitrogens with one attached hydrogen (secondary N) is 1. The Morgan fingerprint density at radius 1 is 1.47 bits per heavy atom. The maximum Gasteiger partial charge on any atom is 0.321 e.